The number of Topliss-reactive ketones (excluding diaryl/α,β-unsaturated/α-hetero) is 1. The van der Waals surface area contributed by atoms with Crippen LogP contribution in [-0.2, 0) is 19.1 Å². The molecule has 0 unspecified atom stereocenters. The molecule has 8 heteroatoms. The van der Waals surface area contributed by atoms with Gasteiger partial charge in [-0.15, -0.1) is 0 Å². The lowest BCUT2D eigenvalue weighted by molar-refractivity contribution is -0.139. The second kappa shape index (κ2) is 13.4. The van der Waals surface area contributed by atoms with Crippen LogP contribution in [0.3, 0.4) is 0 Å². The molecule has 0 saturated heterocycles. The van der Waals surface area contributed by atoms with E-state index in [2.05, 4.69) is 10.6 Å². The molecule has 1 rings (SSSR count). The van der Waals surface area contributed by atoms with Crippen molar-refractivity contribution in [2.75, 3.05) is 6.61 Å². The minimum absolute atomic E-state index is 0.134. The standard InChI is InChI=1S/C25H37N3O5/c1-7-33-25(32)20(26)19(14-13-15(2)3)22(29)17(6)27-24(31)21(16(4)5)28-23(30)18-11-9-8-10-12-18/h8-12,15-17,21H,7,13-14,26H2,1-6H3,(H,27,31)(H,28,30)/b20-19-/t17-,21-/m0/s1. The lowest BCUT2D eigenvalue weighted by Crippen LogP contribution is -2.53. The number of rotatable bonds is 12. The van der Waals surface area contributed by atoms with Crippen molar-refractivity contribution in [2.24, 2.45) is 17.6 Å². The maximum Gasteiger partial charge on any atom is 0.354 e. The van der Waals surface area contributed by atoms with Gasteiger partial charge in [-0.25, -0.2) is 4.79 Å². The van der Waals surface area contributed by atoms with Gasteiger partial charge in [-0.1, -0.05) is 45.9 Å². The van der Waals surface area contributed by atoms with Crippen molar-refractivity contribution in [2.45, 2.75) is 66.5 Å². The van der Waals surface area contributed by atoms with Crippen molar-refractivity contribution in [3.63, 3.8) is 0 Å². The van der Waals surface area contributed by atoms with Gasteiger partial charge in [0, 0.05) is 11.1 Å². The SMILES string of the molecule is CCOC(=O)/C(N)=C(\CCC(C)C)C(=O)[C@H](C)NC(=O)[C@@H](NC(=O)c1ccccc1)C(C)C. The summed E-state index contributed by atoms with van der Waals surface area (Å²) in [5.74, 6) is -2.02. The van der Waals surface area contributed by atoms with E-state index in [4.69, 9.17) is 10.5 Å². The van der Waals surface area contributed by atoms with E-state index in [1.54, 1.807) is 51.1 Å². The maximum atomic E-state index is 13.1. The number of hydrogen-bond donors (Lipinski definition) is 3. The van der Waals surface area contributed by atoms with Crippen LogP contribution in [0.4, 0.5) is 0 Å². The number of hydrogen-bond acceptors (Lipinski definition) is 6. The monoisotopic (exact) mass is 459 g/mol. The molecule has 0 radical (unpaired) electrons. The zero-order chi connectivity index (χ0) is 25.1. The van der Waals surface area contributed by atoms with Crippen LogP contribution < -0.4 is 16.4 Å². The quantitative estimate of drug-likeness (QED) is 0.326. The predicted molar refractivity (Wildman–Crippen MR) is 127 cm³/mol. The predicted octanol–water partition coefficient (Wildman–Crippen LogP) is 2.73. The van der Waals surface area contributed by atoms with Crippen LogP contribution in [0.15, 0.2) is 41.6 Å². The summed E-state index contributed by atoms with van der Waals surface area (Å²) in [7, 11) is 0. The number of benzene rings is 1. The summed E-state index contributed by atoms with van der Waals surface area (Å²) in [5.41, 5.74) is 6.30. The number of nitrogens with one attached hydrogen (secondary N) is 2. The minimum atomic E-state index is -0.942. The second-order valence-corrected chi connectivity index (χ2v) is 8.70. The lowest BCUT2D eigenvalue weighted by atomic mass is 9.94. The molecule has 0 saturated carbocycles. The van der Waals surface area contributed by atoms with Crippen molar-refractivity contribution in [1.29, 1.82) is 0 Å². The van der Waals surface area contributed by atoms with Gasteiger partial charge in [0.05, 0.1) is 12.6 Å². The number of ketones is 1. The smallest absolute Gasteiger partial charge is 0.354 e. The molecule has 0 bridgehead atoms. The lowest BCUT2D eigenvalue weighted by Gasteiger charge is -2.24. The minimum Gasteiger partial charge on any atom is -0.461 e. The summed E-state index contributed by atoms with van der Waals surface area (Å²) in [4.78, 5) is 50.7. The average molecular weight is 460 g/mol. The third-order valence-corrected chi connectivity index (χ3v) is 5.11. The van der Waals surface area contributed by atoms with Crippen LogP contribution in [0, 0.1) is 11.8 Å². The average Bonchev–Trinajstić information content (AvgIpc) is 2.77. The molecule has 2 atom stereocenters. The highest BCUT2D eigenvalue weighted by Crippen LogP contribution is 2.17. The summed E-state index contributed by atoms with van der Waals surface area (Å²) in [5, 5.41) is 5.40. The van der Waals surface area contributed by atoms with Gasteiger partial charge in [-0.2, -0.15) is 0 Å². The van der Waals surface area contributed by atoms with Crippen molar-refractivity contribution < 1.29 is 23.9 Å². The molecule has 8 nitrogen and oxygen atoms in total. The van der Waals surface area contributed by atoms with E-state index >= 15 is 0 Å². The van der Waals surface area contributed by atoms with E-state index in [-0.39, 0.29) is 35.6 Å². The van der Waals surface area contributed by atoms with Gasteiger partial charge in [0.2, 0.25) is 5.91 Å². The Morgan fingerprint density at radius 2 is 1.58 bits per heavy atom. The van der Waals surface area contributed by atoms with E-state index < -0.39 is 29.7 Å². The molecule has 0 spiro atoms. The zero-order valence-electron chi connectivity index (χ0n) is 20.4. The molecule has 182 valence electrons. The number of ether oxygens (including phenoxy) is 1. The van der Waals surface area contributed by atoms with Gasteiger partial charge in [0.1, 0.15) is 11.7 Å². The number of nitrogens with two attached hydrogens (primary N) is 1. The first kappa shape index (κ1) is 27.9. The Labute approximate surface area is 196 Å². The first-order chi connectivity index (χ1) is 15.5. The fraction of sp³-hybridized carbons (Fsp3) is 0.520. The number of amides is 2. The number of carbonyl (C=O) groups is 4. The summed E-state index contributed by atoms with van der Waals surface area (Å²) >= 11 is 0. The van der Waals surface area contributed by atoms with Crippen LogP contribution in [0.2, 0.25) is 0 Å². The van der Waals surface area contributed by atoms with Crippen molar-refractivity contribution in [1.82, 2.24) is 10.6 Å². The topological polar surface area (TPSA) is 128 Å². The van der Waals surface area contributed by atoms with Gasteiger partial charge in [0.25, 0.3) is 5.91 Å². The van der Waals surface area contributed by atoms with Crippen LogP contribution >= 0.6 is 0 Å². The van der Waals surface area contributed by atoms with E-state index in [1.165, 1.54) is 6.92 Å². The second-order valence-electron chi connectivity index (χ2n) is 8.70. The van der Waals surface area contributed by atoms with Crippen molar-refractivity contribution >= 4 is 23.6 Å². The van der Waals surface area contributed by atoms with Gasteiger partial charge < -0.3 is 21.1 Å². The highest BCUT2D eigenvalue weighted by Gasteiger charge is 2.29. The fourth-order valence-electron chi connectivity index (χ4n) is 3.13. The Hall–Kier alpha value is -3.16. The molecule has 0 heterocycles. The third-order valence-electron chi connectivity index (χ3n) is 5.11. The van der Waals surface area contributed by atoms with Crippen LogP contribution in [0.5, 0.6) is 0 Å². The van der Waals surface area contributed by atoms with Crippen LogP contribution in [0.1, 0.15) is 64.7 Å². The fourth-order valence-corrected chi connectivity index (χ4v) is 3.13. The molecular formula is C25H37N3O5. The number of esters is 1. The molecule has 4 N–H and O–H groups in total. The van der Waals surface area contributed by atoms with E-state index in [0.29, 0.717) is 18.4 Å². The van der Waals surface area contributed by atoms with Gasteiger partial charge in [0.15, 0.2) is 5.78 Å². The van der Waals surface area contributed by atoms with Crippen molar-refractivity contribution in [3.05, 3.63) is 47.2 Å². The molecule has 0 aliphatic rings. The van der Waals surface area contributed by atoms with Gasteiger partial charge >= 0.3 is 5.97 Å². The Kier molecular flexibility index (Phi) is 11.3. The molecular weight excluding hydrogens is 422 g/mol. The molecule has 33 heavy (non-hydrogen) atoms. The first-order valence-corrected chi connectivity index (χ1v) is 11.4. The normalized spacial score (nSPS) is 13.7. The maximum absolute atomic E-state index is 13.1. The third kappa shape index (κ3) is 8.71. The van der Waals surface area contributed by atoms with E-state index in [0.717, 1.165) is 0 Å². The van der Waals surface area contributed by atoms with Gasteiger partial charge in [-0.3, -0.25) is 14.4 Å². The largest absolute Gasteiger partial charge is 0.461 e. The summed E-state index contributed by atoms with van der Waals surface area (Å²) in [6.45, 7) is 10.9. The molecule has 0 aromatic heterocycles. The van der Waals surface area contributed by atoms with E-state index in [9.17, 15) is 19.2 Å². The highest BCUT2D eigenvalue weighted by atomic mass is 16.5. The summed E-state index contributed by atoms with van der Waals surface area (Å²) in [6, 6.07) is 6.78. The molecule has 2 amide bonds. The van der Waals surface area contributed by atoms with Gasteiger partial charge in [-0.05, 0) is 50.7 Å². The zero-order valence-corrected chi connectivity index (χ0v) is 20.4. The molecule has 1 aromatic rings. The number of carbonyl (C=O) groups excluding carboxylic acids is 4. The summed E-state index contributed by atoms with van der Waals surface area (Å²) in [6.07, 6.45) is 0.934. The van der Waals surface area contributed by atoms with Crippen molar-refractivity contribution in [3.8, 4) is 0 Å². The molecule has 0 fully saturated rings. The molecule has 0 aliphatic carbocycles. The Balaban J connectivity index is 3.01. The first-order valence-electron chi connectivity index (χ1n) is 11.4. The Morgan fingerprint density at radius 1 is 0.970 bits per heavy atom. The molecule has 0 aliphatic heterocycles. The molecule has 1 aromatic carbocycles. The Morgan fingerprint density at radius 3 is 2.09 bits per heavy atom. The Bertz CT molecular complexity index is 862. The highest BCUT2D eigenvalue weighted by molar-refractivity contribution is 6.07. The van der Waals surface area contributed by atoms with E-state index in [1.807, 2.05) is 13.8 Å². The van der Waals surface area contributed by atoms with Crippen LogP contribution in [0.25, 0.3) is 0 Å². The van der Waals surface area contributed by atoms with Crippen LogP contribution in [-0.4, -0.2) is 42.3 Å². The summed E-state index contributed by atoms with van der Waals surface area (Å²) < 4.78 is 4.95.